The third-order valence-electron chi connectivity index (χ3n) is 2.45. The van der Waals surface area contributed by atoms with Crippen molar-refractivity contribution in [2.24, 2.45) is 0 Å². The summed E-state index contributed by atoms with van der Waals surface area (Å²) in [7, 11) is 1.80. The summed E-state index contributed by atoms with van der Waals surface area (Å²) in [5, 5.41) is 22.5. The number of aliphatic hydroxyl groups excluding tert-OH is 2. The van der Waals surface area contributed by atoms with Crippen LogP contribution in [-0.2, 0) is 0 Å². The number of ether oxygens (including phenoxy) is 1. The van der Waals surface area contributed by atoms with Crippen molar-refractivity contribution in [1.82, 2.24) is 10.3 Å². The van der Waals surface area contributed by atoms with Crippen LogP contribution in [-0.4, -0.2) is 41.5 Å². The van der Waals surface area contributed by atoms with Gasteiger partial charge in [-0.3, -0.25) is 0 Å². The summed E-state index contributed by atoms with van der Waals surface area (Å²) in [6.07, 6.45) is 0.317. The van der Waals surface area contributed by atoms with E-state index in [1.54, 1.807) is 19.2 Å². The molecule has 17 heavy (non-hydrogen) atoms. The Balaban J connectivity index is 2.58. The van der Waals surface area contributed by atoms with Crippen LogP contribution in [0, 0.1) is 0 Å². The lowest BCUT2D eigenvalue weighted by molar-refractivity contribution is 0.0138. The summed E-state index contributed by atoms with van der Waals surface area (Å²) in [5.41, 5.74) is 0.594. The largest absolute Gasteiger partial charge is 0.478 e. The molecule has 96 valence electrons. The van der Waals surface area contributed by atoms with Crippen LogP contribution in [0.2, 0.25) is 0 Å². The van der Waals surface area contributed by atoms with Gasteiger partial charge in [-0.2, -0.15) is 0 Å². The molecule has 0 bridgehead atoms. The van der Waals surface area contributed by atoms with Gasteiger partial charge in [0.15, 0.2) is 0 Å². The minimum absolute atomic E-state index is 0.491. The predicted octanol–water partition coefficient (Wildman–Crippen LogP) is 0.484. The van der Waals surface area contributed by atoms with E-state index in [4.69, 9.17) is 4.74 Å². The molecule has 3 N–H and O–H groups in total. The summed E-state index contributed by atoms with van der Waals surface area (Å²) in [5.74, 6) is 0.521. The summed E-state index contributed by atoms with van der Waals surface area (Å²) < 4.78 is 5.20. The molecule has 1 aromatic rings. The van der Waals surface area contributed by atoms with Crippen molar-refractivity contribution in [3.8, 4) is 5.88 Å². The van der Waals surface area contributed by atoms with Gasteiger partial charge in [0.1, 0.15) is 6.10 Å². The molecule has 0 saturated heterocycles. The van der Waals surface area contributed by atoms with Gasteiger partial charge in [0.05, 0.1) is 12.7 Å². The van der Waals surface area contributed by atoms with Gasteiger partial charge >= 0.3 is 0 Å². The molecule has 2 atom stereocenters. The fourth-order valence-electron chi connectivity index (χ4n) is 1.47. The number of aromatic nitrogens is 1. The van der Waals surface area contributed by atoms with E-state index in [1.165, 1.54) is 6.20 Å². The van der Waals surface area contributed by atoms with Crippen LogP contribution in [0.3, 0.4) is 0 Å². The zero-order valence-corrected chi connectivity index (χ0v) is 10.3. The molecule has 0 radical (unpaired) electrons. The van der Waals surface area contributed by atoms with E-state index in [-0.39, 0.29) is 0 Å². The Kier molecular flexibility index (Phi) is 5.90. The minimum atomic E-state index is -0.911. The highest BCUT2D eigenvalue weighted by Crippen LogP contribution is 2.19. The predicted molar refractivity (Wildman–Crippen MR) is 64.9 cm³/mol. The van der Waals surface area contributed by atoms with Crippen LogP contribution >= 0.6 is 0 Å². The quantitative estimate of drug-likeness (QED) is 0.646. The van der Waals surface area contributed by atoms with Crippen molar-refractivity contribution >= 4 is 0 Å². The Labute approximate surface area is 101 Å². The SMILES string of the molecule is CCOc1ccc(C(O)C(O)CCNC)cn1. The van der Waals surface area contributed by atoms with Crippen molar-refractivity contribution in [1.29, 1.82) is 0 Å². The zero-order valence-electron chi connectivity index (χ0n) is 10.3. The van der Waals surface area contributed by atoms with Crippen LogP contribution in [0.15, 0.2) is 18.3 Å². The van der Waals surface area contributed by atoms with E-state index in [2.05, 4.69) is 10.3 Å². The van der Waals surface area contributed by atoms with Crippen LogP contribution in [0.5, 0.6) is 5.88 Å². The number of nitrogens with zero attached hydrogens (tertiary/aromatic N) is 1. The molecule has 0 spiro atoms. The molecule has 1 rings (SSSR count). The number of hydrogen-bond donors (Lipinski definition) is 3. The lowest BCUT2D eigenvalue weighted by Gasteiger charge is -2.17. The van der Waals surface area contributed by atoms with E-state index in [0.29, 0.717) is 31.0 Å². The highest BCUT2D eigenvalue weighted by molar-refractivity contribution is 5.20. The highest BCUT2D eigenvalue weighted by Gasteiger charge is 2.18. The smallest absolute Gasteiger partial charge is 0.213 e. The Hall–Kier alpha value is -1.17. The Bertz CT molecular complexity index is 316. The first-order chi connectivity index (χ1) is 8.19. The van der Waals surface area contributed by atoms with Gasteiger partial charge in [0.25, 0.3) is 0 Å². The third kappa shape index (κ3) is 4.30. The van der Waals surface area contributed by atoms with Gasteiger partial charge in [-0.15, -0.1) is 0 Å². The first kappa shape index (κ1) is 13.9. The van der Waals surface area contributed by atoms with Crippen molar-refractivity contribution < 1.29 is 14.9 Å². The van der Waals surface area contributed by atoms with Crippen LogP contribution in [0.25, 0.3) is 0 Å². The van der Waals surface area contributed by atoms with Gasteiger partial charge in [0, 0.05) is 17.8 Å². The molecule has 0 fully saturated rings. The topological polar surface area (TPSA) is 74.6 Å². The summed E-state index contributed by atoms with van der Waals surface area (Å²) in [4.78, 5) is 4.04. The van der Waals surface area contributed by atoms with Crippen molar-refractivity contribution in [3.63, 3.8) is 0 Å². The van der Waals surface area contributed by atoms with Gasteiger partial charge < -0.3 is 20.3 Å². The molecule has 0 aliphatic carbocycles. The maximum Gasteiger partial charge on any atom is 0.213 e. The molecule has 2 unspecified atom stereocenters. The van der Waals surface area contributed by atoms with Gasteiger partial charge in [-0.1, -0.05) is 0 Å². The fourth-order valence-corrected chi connectivity index (χ4v) is 1.47. The summed E-state index contributed by atoms with van der Waals surface area (Å²) >= 11 is 0. The fraction of sp³-hybridized carbons (Fsp3) is 0.583. The second kappa shape index (κ2) is 7.21. The van der Waals surface area contributed by atoms with E-state index in [9.17, 15) is 10.2 Å². The van der Waals surface area contributed by atoms with Gasteiger partial charge in [-0.05, 0) is 33.0 Å². The van der Waals surface area contributed by atoms with Crippen LogP contribution in [0.4, 0.5) is 0 Å². The third-order valence-corrected chi connectivity index (χ3v) is 2.45. The monoisotopic (exact) mass is 240 g/mol. The highest BCUT2D eigenvalue weighted by atomic mass is 16.5. The van der Waals surface area contributed by atoms with Crippen molar-refractivity contribution in [3.05, 3.63) is 23.9 Å². The maximum atomic E-state index is 9.88. The van der Waals surface area contributed by atoms with E-state index >= 15 is 0 Å². The van der Waals surface area contributed by atoms with Crippen LogP contribution < -0.4 is 10.1 Å². The molecule has 5 heteroatoms. The summed E-state index contributed by atoms with van der Waals surface area (Å²) in [6, 6.07) is 3.40. The Morgan fingerprint density at radius 1 is 1.41 bits per heavy atom. The van der Waals surface area contributed by atoms with E-state index < -0.39 is 12.2 Å². The van der Waals surface area contributed by atoms with Gasteiger partial charge in [0.2, 0.25) is 5.88 Å². The molecule has 1 aromatic heterocycles. The number of hydrogen-bond acceptors (Lipinski definition) is 5. The average molecular weight is 240 g/mol. The molecule has 1 heterocycles. The van der Waals surface area contributed by atoms with E-state index in [0.717, 1.165) is 0 Å². The first-order valence-electron chi connectivity index (χ1n) is 5.78. The Morgan fingerprint density at radius 3 is 2.71 bits per heavy atom. The normalized spacial score (nSPS) is 14.4. The lowest BCUT2D eigenvalue weighted by Crippen LogP contribution is -2.23. The maximum absolute atomic E-state index is 9.88. The summed E-state index contributed by atoms with van der Waals surface area (Å²) in [6.45, 7) is 3.09. The average Bonchev–Trinajstić information content (AvgIpc) is 2.36. The molecule has 0 aromatic carbocycles. The van der Waals surface area contributed by atoms with Crippen LogP contribution in [0.1, 0.15) is 25.0 Å². The molecule has 0 aliphatic rings. The number of rotatable bonds is 7. The number of nitrogens with one attached hydrogen (secondary N) is 1. The van der Waals surface area contributed by atoms with E-state index in [1.807, 2.05) is 6.92 Å². The molecule has 0 saturated carbocycles. The molecule has 0 aliphatic heterocycles. The molecular formula is C12H20N2O3. The second-order valence-electron chi connectivity index (χ2n) is 3.77. The van der Waals surface area contributed by atoms with Gasteiger partial charge in [-0.25, -0.2) is 4.98 Å². The zero-order chi connectivity index (χ0) is 12.7. The molecule has 5 nitrogen and oxygen atoms in total. The van der Waals surface area contributed by atoms with Crippen molar-refractivity contribution in [2.45, 2.75) is 25.6 Å². The lowest BCUT2D eigenvalue weighted by atomic mass is 10.0. The standard InChI is InChI=1S/C12H20N2O3/c1-3-17-11-5-4-9(8-14-11)12(16)10(15)6-7-13-2/h4-5,8,10,12-13,15-16H,3,6-7H2,1-2H3. The molecular weight excluding hydrogens is 220 g/mol. The second-order valence-corrected chi connectivity index (χ2v) is 3.77. The molecule has 0 amide bonds. The van der Waals surface area contributed by atoms with Crippen molar-refractivity contribution in [2.75, 3.05) is 20.2 Å². The number of pyridine rings is 1. The first-order valence-corrected chi connectivity index (χ1v) is 5.78. The number of aliphatic hydroxyl groups is 2. The minimum Gasteiger partial charge on any atom is -0.478 e. The Morgan fingerprint density at radius 2 is 2.18 bits per heavy atom.